The van der Waals surface area contributed by atoms with E-state index in [-0.39, 0.29) is 18.8 Å². The van der Waals surface area contributed by atoms with Crippen molar-refractivity contribution in [3.63, 3.8) is 0 Å². The Morgan fingerprint density at radius 2 is 1.61 bits per heavy atom. The second-order valence-corrected chi connectivity index (χ2v) is 5.77. The van der Waals surface area contributed by atoms with Gasteiger partial charge in [-0.05, 0) is 31.5 Å². The van der Waals surface area contributed by atoms with Crippen LogP contribution in [0.2, 0.25) is 0 Å². The quantitative estimate of drug-likeness (QED) is 0.555. The average Bonchev–Trinajstić information content (AvgIpc) is 2.57. The van der Waals surface area contributed by atoms with Crippen LogP contribution < -0.4 is 11.1 Å². The summed E-state index contributed by atoms with van der Waals surface area (Å²) < 4.78 is 36.1. The van der Waals surface area contributed by atoms with E-state index in [9.17, 15) is 28.0 Å². The van der Waals surface area contributed by atoms with Gasteiger partial charge in [0, 0.05) is 6.07 Å². The number of esters is 2. The molecule has 0 fully saturated rings. The van der Waals surface area contributed by atoms with E-state index in [2.05, 4.69) is 5.32 Å². The van der Waals surface area contributed by atoms with Crippen LogP contribution >= 0.6 is 0 Å². The topological polar surface area (TPSA) is 125 Å². The number of hydrogen-bond donors (Lipinski definition) is 2. The number of primary amides is 1. The molecule has 0 aliphatic rings. The molecule has 0 aromatic heterocycles. The Balaban J connectivity index is 2.98. The molecule has 28 heavy (non-hydrogen) atoms. The van der Waals surface area contributed by atoms with Crippen LogP contribution in [0.25, 0.3) is 0 Å². The standard InChI is InChI=1S/C18H22F2N2O6/c1-3-27-15(24)9-13(18(26)28-4-2)16(17(21)25)22-14(23)7-10-5-11(19)8-12(20)6-10/h5-6,8,13,16H,3-4,7,9H2,1-2H3,(H2,21,25)(H,22,23)/t13-,16-/m1/s1. The monoisotopic (exact) mass is 400 g/mol. The van der Waals surface area contributed by atoms with Crippen LogP contribution in [0.4, 0.5) is 8.78 Å². The second-order valence-electron chi connectivity index (χ2n) is 5.77. The fourth-order valence-corrected chi connectivity index (χ4v) is 2.48. The van der Waals surface area contributed by atoms with E-state index >= 15 is 0 Å². The van der Waals surface area contributed by atoms with E-state index in [4.69, 9.17) is 15.2 Å². The first-order chi connectivity index (χ1) is 13.2. The number of hydrogen-bond acceptors (Lipinski definition) is 6. The lowest BCUT2D eigenvalue weighted by Gasteiger charge is -2.23. The summed E-state index contributed by atoms with van der Waals surface area (Å²) in [6, 6.07) is 0.964. The molecule has 2 amide bonds. The highest BCUT2D eigenvalue weighted by molar-refractivity contribution is 5.93. The summed E-state index contributed by atoms with van der Waals surface area (Å²) in [6.07, 6.45) is -1.03. The van der Waals surface area contributed by atoms with Crippen LogP contribution in [-0.2, 0) is 35.1 Å². The Kier molecular flexibility index (Phi) is 9.00. The molecule has 0 saturated heterocycles. The van der Waals surface area contributed by atoms with E-state index < -0.39 is 60.2 Å². The fraction of sp³-hybridized carbons (Fsp3) is 0.444. The zero-order valence-corrected chi connectivity index (χ0v) is 15.5. The van der Waals surface area contributed by atoms with E-state index in [1.54, 1.807) is 6.92 Å². The molecule has 1 rings (SSSR count). The molecule has 1 aromatic carbocycles. The highest BCUT2D eigenvalue weighted by Gasteiger charge is 2.37. The van der Waals surface area contributed by atoms with Gasteiger partial charge < -0.3 is 20.5 Å². The van der Waals surface area contributed by atoms with Gasteiger partial charge in [-0.2, -0.15) is 0 Å². The Hall–Kier alpha value is -3.04. The Morgan fingerprint density at radius 3 is 2.11 bits per heavy atom. The molecule has 1 aromatic rings. The third kappa shape index (κ3) is 7.29. The van der Waals surface area contributed by atoms with Crippen molar-refractivity contribution in [1.29, 1.82) is 0 Å². The van der Waals surface area contributed by atoms with Crippen LogP contribution in [0, 0.1) is 17.6 Å². The SMILES string of the molecule is CCOC(=O)C[C@@H](C(=O)OCC)[C@@H](NC(=O)Cc1cc(F)cc(F)c1)C(N)=O. The first-order valence-electron chi connectivity index (χ1n) is 8.53. The third-order valence-electron chi connectivity index (χ3n) is 3.59. The van der Waals surface area contributed by atoms with Crippen molar-refractivity contribution in [2.45, 2.75) is 32.7 Å². The number of nitrogens with one attached hydrogen (secondary N) is 1. The maximum Gasteiger partial charge on any atom is 0.312 e. The number of ether oxygens (including phenoxy) is 2. The number of halogens is 2. The number of rotatable bonds is 10. The van der Waals surface area contributed by atoms with Gasteiger partial charge in [0.05, 0.1) is 32.0 Å². The highest BCUT2D eigenvalue weighted by atomic mass is 19.1. The molecular weight excluding hydrogens is 378 g/mol. The van der Waals surface area contributed by atoms with Gasteiger partial charge >= 0.3 is 11.9 Å². The minimum Gasteiger partial charge on any atom is -0.466 e. The molecule has 0 saturated carbocycles. The Bertz CT molecular complexity index is 721. The predicted molar refractivity (Wildman–Crippen MR) is 92.6 cm³/mol. The van der Waals surface area contributed by atoms with Crippen molar-refractivity contribution in [2.75, 3.05) is 13.2 Å². The summed E-state index contributed by atoms with van der Waals surface area (Å²) in [7, 11) is 0. The lowest BCUT2D eigenvalue weighted by molar-refractivity contribution is -0.157. The maximum absolute atomic E-state index is 13.2. The summed E-state index contributed by atoms with van der Waals surface area (Å²) in [5, 5.41) is 2.22. The maximum atomic E-state index is 13.2. The molecule has 0 radical (unpaired) electrons. The van der Waals surface area contributed by atoms with Crippen LogP contribution in [0.15, 0.2) is 18.2 Å². The summed E-state index contributed by atoms with van der Waals surface area (Å²) in [5.74, 6) is -6.77. The summed E-state index contributed by atoms with van der Waals surface area (Å²) >= 11 is 0. The van der Waals surface area contributed by atoms with Crippen LogP contribution in [0.5, 0.6) is 0 Å². The van der Waals surface area contributed by atoms with Crippen LogP contribution in [0.1, 0.15) is 25.8 Å². The number of nitrogens with two attached hydrogens (primary N) is 1. The minimum atomic E-state index is -1.57. The second kappa shape index (κ2) is 11.0. The number of amides is 2. The van der Waals surface area contributed by atoms with Crippen LogP contribution in [0.3, 0.4) is 0 Å². The average molecular weight is 400 g/mol. The van der Waals surface area contributed by atoms with Gasteiger partial charge in [0.15, 0.2) is 0 Å². The normalized spacial score (nSPS) is 12.6. The third-order valence-corrected chi connectivity index (χ3v) is 3.59. The molecule has 3 N–H and O–H groups in total. The van der Waals surface area contributed by atoms with E-state index in [1.165, 1.54) is 6.92 Å². The van der Waals surface area contributed by atoms with E-state index in [1.807, 2.05) is 0 Å². The van der Waals surface area contributed by atoms with Gasteiger partial charge in [0.1, 0.15) is 17.7 Å². The van der Waals surface area contributed by atoms with Gasteiger partial charge in [-0.3, -0.25) is 19.2 Å². The summed E-state index contributed by atoms with van der Waals surface area (Å²) in [5.41, 5.74) is 5.29. The molecule has 0 aliphatic carbocycles. The van der Waals surface area contributed by atoms with Crippen molar-refractivity contribution in [1.82, 2.24) is 5.32 Å². The zero-order valence-electron chi connectivity index (χ0n) is 15.5. The lowest BCUT2D eigenvalue weighted by Crippen LogP contribution is -2.52. The van der Waals surface area contributed by atoms with Gasteiger partial charge in [-0.1, -0.05) is 0 Å². The van der Waals surface area contributed by atoms with Crippen molar-refractivity contribution < 1.29 is 37.4 Å². The number of carbonyl (C=O) groups excluding carboxylic acids is 4. The molecule has 2 atom stereocenters. The first kappa shape index (κ1) is 23.0. The van der Waals surface area contributed by atoms with Crippen molar-refractivity contribution in [3.8, 4) is 0 Å². The molecule has 0 aliphatic heterocycles. The van der Waals surface area contributed by atoms with Crippen LogP contribution in [-0.4, -0.2) is 43.0 Å². The van der Waals surface area contributed by atoms with E-state index in [0.717, 1.165) is 12.1 Å². The summed E-state index contributed by atoms with van der Waals surface area (Å²) in [4.78, 5) is 48.0. The van der Waals surface area contributed by atoms with Gasteiger partial charge in [0.25, 0.3) is 0 Å². The van der Waals surface area contributed by atoms with Crippen molar-refractivity contribution >= 4 is 23.8 Å². The molecule has 0 heterocycles. The van der Waals surface area contributed by atoms with E-state index in [0.29, 0.717) is 6.07 Å². The Labute approximate surface area is 160 Å². The van der Waals surface area contributed by atoms with Crippen molar-refractivity contribution in [2.24, 2.45) is 11.7 Å². The molecule has 0 bridgehead atoms. The molecule has 0 spiro atoms. The predicted octanol–water partition coefficient (Wildman–Crippen LogP) is 0.610. The van der Waals surface area contributed by atoms with Gasteiger partial charge in [0.2, 0.25) is 11.8 Å². The largest absolute Gasteiger partial charge is 0.466 e. The minimum absolute atomic E-state index is 0.0105. The molecule has 0 unspecified atom stereocenters. The summed E-state index contributed by atoms with van der Waals surface area (Å²) in [6.45, 7) is 3.10. The molecule has 154 valence electrons. The zero-order chi connectivity index (χ0) is 21.3. The molecular formula is C18H22F2N2O6. The molecule has 8 nitrogen and oxygen atoms in total. The Morgan fingerprint density at radius 1 is 1.04 bits per heavy atom. The number of carbonyl (C=O) groups is 4. The van der Waals surface area contributed by atoms with Gasteiger partial charge in [-0.15, -0.1) is 0 Å². The highest BCUT2D eigenvalue weighted by Crippen LogP contribution is 2.15. The first-order valence-corrected chi connectivity index (χ1v) is 8.53. The number of benzene rings is 1. The smallest absolute Gasteiger partial charge is 0.312 e. The molecule has 10 heteroatoms. The lowest BCUT2D eigenvalue weighted by atomic mass is 9.95. The fourth-order valence-electron chi connectivity index (χ4n) is 2.48. The van der Waals surface area contributed by atoms with Gasteiger partial charge in [-0.25, -0.2) is 8.78 Å². The van der Waals surface area contributed by atoms with Crippen molar-refractivity contribution in [3.05, 3.63) is 35.4 Å².